The van der Waals surface area contributed by atoms with Gasteiger partial charge in [-0.2, -0.15) is 0 Å². The van der Waals surface area contributed by atoms with E-state index in [-0.39, 0.29) is 12.2 Å². The lowest BCUT2D eigenvalue weighted by atomic mass is 10.2. The van der Waals surface area contributed by atoms with Gasteiger partial charge in [-0.3, -0.25) is 0 Å². The van der Waals surface area contributed by atoms with Crippen LogP contribution in [-0.4, -0.2) is 46.7 Å². The minimum atomic E-state index is -0.430. The van der Waals surface area contributed by atoms with E-state index in [0.717, 1.165) is 18.1 Å². The van der Waals surface area contributed by atoms with Gasteiger partial charge in [-0.15, -0.1) is 23.5 Å². The van der Waals surface area contributed by atoms with E-state index >= 15 is 0 Å². The standard InChI is InChI=1S/C12H23NO2S2/c1-5-16-11(17-6-2)10-9(8-7-13-8)14-12(3,4)15-10/h8-11,13H,5-7H2,1-4H3/t8-,9+,10-/m1/s1. The molecule has 2 rings (SSSR count). The molecule has 0 spiro atoms. The number of hydrogen-bond donors (Lipinski definition) is 1. The maximum absolute atomic E-state index is 6.13. The molecule has 0 aromatic rings. The molecule has 0 bridgehead atoms. The molecule has 0 radical (unpaired) electrons. The van der Waals surface area contributed by atoms with Gasteiger partial charge in [-0.1, -0.05) is 13.8 Å². The highest BCUT2D eigenvalue weighted by molar-refractivity contribution is 8.17. The van der Waals surface area contributed by atoms with Crippen LogP contribution in [0, 0.1) is 0 Å². The van der Waals surface area contributed by atoms with E-state index in [1.807, 2.05) is 37.4 Å². The highest BCUT2D eigenvalue weighted by Gasteiger charge is 2.51. The zero-order valence-electron chi connectivity index (χ0n) is 11.1. The number of ether oxygens (including phenoxy) is 2. The van der Waals surface area contributed by atoms with E-state index in [9.17, 15) is 0 Å². The molecule has 2 saturated heterocycles. The minimum Gasteiger partial charge on any atom is -0.343 e. The third kappa shape index (κ3) is 3.53. The molecule has 0 aromatic carbocycles. The maximum Gasteiger partial charge on any atom is 0.163 e. The summed E-state index contributed by atoms with van der Waals surface area (Å²) in [4.78, 5) is 0. The van der Waals surface area contributed by atoms with Crippen LogP contribution in [0.3, 0.4) is 0 Å². The molecule has 0 amide bonds. The summed E-state index contributed by atoms with van der Waals surface area (Å²) < 4.78 is 12.7. The normalized spacial score (nSPS) is 35.5. The highest BCUT2D eigenvalue weighted by Crippen LogP contribution is 2.40. The molecule has 0 saturated carbocycles. The zero-order valence-corrected chi connectivity index (χ0v) is 12.7. The fourth-order valence-corrected chi connectivity index (χ4v) is 4.86. The monoisotopic (exact) mass is 277 g/mol. The van der Waals surface area contributed by atoms with E-state index < -0.39 is 5.79 Å². The quantitative estimate of drug-likeness (QED) is 0.596. The van der Waals surface area contributed by atoms with Crippen LogP contribution in [0.4, 0.5) is 0 Å². The van der Waals surface area contributed by atoms with Crippen molar-refractivity contribution in [2.24, 2.45) is 0 Å². The smallest absolute Gasteiger partial charge is 0.163 e. The second kappa shape index (κ2) is 5.70. The lowest BCUT2D eigenvalue weighted by molar-refractivity contribution is -0.145. The van der Waals surface area contributed by atoms with Crippen molar-refractivity contribution in [1.82, 2.24) is 5.32 Å². The fraction of sp³-hybridized carbons (Fsp3) is 1.00. The Morgan fingerprint density at radius 2 is 1.82 bits per heavy atom. The van der Waals surface area contributed by atoms with Crippen molar-refractivity contribution in [3.8, 4) is 0 Å². The highest BCUT2D eigenvalue weighted by atomic mass is 32.2. The van der Waals surface area contributed by atoms with Gasteiger partial charge in [0.1, 0.15) is 12.2 Å². The van der Waals surface area contributed by atoms with Gasteiger partial charge in [-0.05, 0) is 25.4 Å². The van der Waals surface area contributed by atoms with Gasteiger partial charge in [0.15, 0.2) is 5.79 Å². The van der Waals surface area contributed by atoms with E-state index in [1.165, 1.54) is 0 Å². The lowest BCUT2D eigenvalue weighted by Crippen LogP contribution is -2.36. The Morgan fingerprint density at radius 1 is 1.24 bits per heavy atom. The predicted octanol–water partition coefficient (Wildman–Crippen LogP) is 2.31. The van der Waals surface area contributed by atoms with Gasteiger partial charge in [-0.25, -0.2) is 0 Å². The molecule has 3 atom stereocenters. The van der Waals surface area contributed by atoms with E-state index in [4.69, 9.17) is 9.47 Å². The molecule has 100 valence electrons. The first-order chi connectivity index (χ1) is 8.07. The van der Waals surface area contributed by atoms with Crippen molar-refractivity contribution in [1.29, 1.82) is 0 Å². The van der Waals surface area contributed by atoms with Crippen molar-refractivity contribution in [3.05, 3.63) is 0 Å². The Morgan fingerprint density at radius 3 is 2.29 bits per heavy atom. The topological polar surface area (TPSA) is 40.4 Å². The molecule has 17 heavy (non-hydrogen) atoms. The van der Waals surface area contributed by atoms with Crippen LogP contribution < -0.4 is 5.32 Å². The van der Waals surface area contributed by atoms with Gasteiger partial charge < -0.3 is 14.8 Å². The van der Waals surface area contributed by atoms with E-state index in [1.54, 1.807) is 0 Å². The molecule has 2 aliphatic rings. The zero-order chi connectivity index (χ0) is 12.5. The predicted molar refractivity (Wildman–Crippen MR) is 75.7 cm³/mol. The number of rotatable bonds is 6. The van der Waals surface area contributed by atoms with Gasteiger partial charge in [0.2, 0.25) is 0 Å². The molecule has 2 heterocycles. The van der Waals surface area contributed by atoms with Crippen molar-refractivity contribution in [2.45, 2.75) is 56.3 Å². The summed E-state index contributed by atoms with van der Waals surface area (Å²) in [5, 5.41) is 3.36. The molecular formula is C12H23NO2S2. The van der Waals surface area contributed by atoms with Gasteiger partial charge in [0, 0.05) is 12.6 Å². The molecular weight excluding hydrogens is 254 g/mol. The Balaban J connectivity index is 2.04. The largest absolute Gasteiger partial charge is 0.343 e. The molecule has 0 unspecified atom stereocenters. The van der Waals surface area contributed by atoms with Crippen LogP contribution in [-0.2, 0) is 9.47 Å². The third-order valence-electron chi connectivity index (χ3n) is 2.93. The Bertz CT molecular complexity index is 253. The van der Waals surface area contributed by atoms with Gasteiger partial charge >= 0.3 is 0 Å². The summed E-state index contributed by atoms with van der Waals surface area (Å²) in [6, 6.07) is 0.499. The van der Waals surface area contributed by atoms with Crippen LogP contribution in [0.15, 0.2) is 0 Å². The lowest BCUT2D eigenvalue weighted by Gasteiger charge is -2.25. The fourth-order valence-electron chi connectivity index (χ4n) is 2.21. The van der Waals surface area contributed by atoms with Crippen molar-refractivity contribution < 1.29 is 9.47 Å². The summed E-state index contributed by atoms with van der Waals surface area (Å²) in [7, 11) is 0. The molecule has 2 aliphatic heterocycles. The van der Waals surface area contributed by atoms with Crippen LogP contribution in [0.1, 0.15) is 27.7 Å². The average molecular weight is 277 g/mol. The summed E-state index contributed by atoms with van der Waals surface area (Å²) in [5.41, 5.74) is 0. The third-order valence-corrected chi connectivity index (χ3v) is 5.61. The minimum absolute atomic E-state index is 0.208. The summed E-state index contributed by atoms with van der Waals surface area (Å²) >= 11 is 3.96. The van der Waals surface area contributed by atoms with Crippen molar-refractivity contribution in [2.75, 3.05) is 18.1 Å². The summed E-state index contributed by atoms with van der Waals surface area (Å²) in [6.45, 7) is 9.53. The van der Waals surface area contributed by atoms with Crippen molar-refractivity contribution >= 4 is 23.5 Å². The van der Waals surface area contributed by atoms with Crippen LogP contribution in [0.5, 0.6) is 0 Å². The molecule has 5 heteroatoms. The number of thioether (sulfide) groups is 2. The average Bonchev–Trinajstić information content (AvgIpc) is 3.03. The number of nitrogens with one attached hydrogen (secondary N) is 1. The Labute approximate surface area is 113 Å². The first-order valence-corrected chi connectivity index (χ1v) is 8.49. The number of hydrogen-bond acceptors (Lipinski definition) is 5. The molecule has 0 aliphatic carbocycles. The Kier molecular flexibility index (Phi) is 4.69. The van der Waals surface area contributed by atoms with E-state index in [2.05, 4.69) is 19.2 Å². The first-order valence-electron chi connectivity index (χ1n) is 6.39. The molecule has 1 N–H and O–H groups in total. The van der Waals surface area contributed by atoms with Crippen LogP contribution in [0.2, 0.25) is 0 Å². The van der Waals surface area contributed by atoms with Crippen LogP contribution in [0.25, 0.3) is 0 Å². The Hall–Kier alpha value is 0.580. The van der Waals surface area contributed by atoms with Gasteiger partial charge in [0.05, 0.1) is 4.58 Å². The second-order valence-electron chi connectivity index (χ2n) is 4.86. The molecule has 3 nitrogen and oxygen atoms in total. The first kappa shape index (κ1) is 14.0. The van der Waals surface area contributed by atoms with E-state index in [0.29, 0.717) is 10.6 Å². The summed E-state index contributed by atoms with van der Waals surface area (Å²) in [6.07, 6.45) is 0.424. The SMILES string of the molecule is CCSC(SCC)[C@@H]1OC(C)(C)O[C@H]1[C@H]1CN1. The molecule has 2 fully saturated rings. The second-order valence-corrected chi connectivity index (χ2v) is 7.99. The molecule has 0 aromatic heterocycles. The van der Waals surface area contributed by atoms with Crippen LogP contribution >= 0.6 is 23.5 Å². The van der Waals surface area contributed by atoms with Crippen molar-refractivity contribution in [3.63, 3.8) is 0 Å². The maximum atomic E-state index is 6.13. The summed E-state index contributed by atoms with van der Waals surface area (Å²) in [5.74, 6) is 1.83. The van der Waals surface area contributed by atoms with Gasteiger partial charge in [0.25, 0.3) is 0 Å².